The molecule has 0 radical (unpaired) electrons. The van der Waals surface area contributed by atoms with Crippen molar-refractivity contribution in [3.8, 4) is 0 Å². The molecule has 3 atom stereocenters. The van der Waals surface area contributed by atoms with Crippen molar-refractivity contribution in [2.75, 3.05) is 25.6 Å². The summed E-state index contributed by atoms with van der Waals surface area (Å²) in [6.07, 6.45) is 9.70. The highest BCUT2D eigenvalue weighted by Gasteiger charge is 2.35. The summed E-state index contributed by atoms with van der Waals surface area (Å²) in [6, 6.07) is 0.687. The Morgan fingerprint density at radius 1 is 1.28 bits per heavy atom. The Balaban J connectivity index is 1.84. The predicted octanol–water partition coefficient (Wildman–Crippen LogP) is 2.12. The number of likely N-dealkylation sites (N-methyl/N-ethyl adjacent to an activating group) is 1. The van der Waals surface area contributed by atoms with Gasteiger partial charge in [-0.25, -0.2) is 0 Å². The number of carbonyl (C=O) groups excluding carboxylic acids is 1. The molecule has 0 aromatic heterocycles. The third-order valence-electron chi connectivity index (χ3n) is 4.46. The summed E-state index contributed by atoms with van der Waals surface area (Å²) >= 11 is 1.80. The molecule has 3 unspecified atom stereocenters. The molecule has 2 aliphatic rings. The third-order valence-corrected chi connectivity index (χ3v) is 5.05. The van der Waals surface area contributed by atoms with E-state index in [1.807, 2.05) is 11.9 Å². The zero-order valence-electron chi connectivity index (χ0n) is 11.7. The SMILES string of the molecule is CSCCN(C)C(=O)C1CCC2CCCCC2N1. The number of carbonyl (C=O) groups is 1. The normalized spacial score (nSPS) is 31.8. The van der Waals surface area contributed by atoms with E-state index in [1.54, 1.807) is 11.8 Å². The van der Waals surface area contributed by atoms with Crippen LogP contribution in [0.1, 0.15) is 38.5 Å². The smallest absolute Gasteiger partial charge is 0.239 e. The fourth-order valence-electron chi connectivity index (χ4n) is 3.29. The third kappa shape index (κ3) is 3.41. The first kappa shape index (κ1) is 14.2. The number of amides is 1. The van der Waals surface area contributed by atoms with Gasteiger partial charge in [-0.2, -0.15) is 11.8 Å². The molecule has 0 spiro atoms. The van der Waals surface area contributed by atoms with Gasteiger partial charge >= 0.3 is 0 Å². The van der Waals surface area contributed by atoms with Gasteiger partial charge in [0.2, 0.25) is 5.91 Å². The lowest BCUT2D eigenvalue weighted by Gasteiger charge is -2.40. The van der Waals surface area contributed by atoms with Crippen molar-refractivity contribution in [3.05, 3.63) is 0 Å². The van der Waals surface area contributed by atoms with Gasteiger partial charge in [-0.3, -0.25) is 4.79 Å². The molecular formula is C14H26N2OS. The van der Waals surface area contributed by atoms with Crippen LogP contribution in [-0.4, -0.2) is 48.5 Å². The van der Waals surface area contributed by atoms with Crippen LogP contribution in [0.3, 0.4) is 0 Å². The number of thioether (sulfide) groups is 1. The number of hydrogen-bond acceptors (Lipinski definition) is 3. The Morgan fingerprint density at radius 3 is 2.83 bits per heavy atom. The van der Waals surface area contributed by atoms with Crippen LogP contribution in [0.2, 0.25) is 0 Å². The minimum atomic E-state index is 0.0798. The van der Waals surface area contributed by atoms with Crippen LogP contribution in [0.25, 0.3) is 0 Å². The fraction of sp³-hybridized carbons (Fsp3) is 0.929. The monoisotopic (exact) mass is 270 g/mol. The van der Waals surface area contributed by atoms with Gasteiger partial charge in [0.05, 0.1) is 6.04 Å². The Kier molecular flexibility index (Phi) is 5.37. The summed E-state index contributed by atoms with van der Waals surface area (Å²) in [5.41, 5.74) is 0. The van der Waals surface area contributed by atoms with E-state index in [-0.39, 0.29) is 6.04 Å². The Bertz CT molecular complexity index is 285. The topological polar surface area (TPSA) is 32.3 Å². The summed E-state index contributed by atoms with van der Waals surface area (Å²) in [6.45, 7) is 0.867. The van der Waals surface area contributed by atoms with E-state index in [4.69, 9.17) is 0 Å². The van der Waals surface area contributed by atoms with Gasteiger partial charge in [-0.15, -0.1) is 0 Å². The van der Waals surface area contributed by atoms with Crippen LogP contribution < -0.4 is 5.32 Å². The van der Waals surface area contributed by atoms with Crippen molar-refractivity contribution >= 4 is 17.7 Å². The molecule has 0 aromatic carbocycles. The fourth-order valence-corrected chi connectivity index (χ4v) is 3.75. The molecule has 1 aliphatic heterocycles. The molecule has 1 aliphatic carbocycles. The van der Waals surface area contributed by atoms with Gasteiger partial charge in [-0.05, 0) is 37.9 Å². The van der Waals surface area contributed by atoms with E-state index < -0.39 is 0 Å². The van der Waals surface area contributed by atoms with Crippen molar-refractivity contribution in [2.45, 2.75) is 50.6 Å². The van der Waals surface area contributed by atoms with Crippen LogP contribution in [0.4, 0.5) is 0 Å². The Labute approximate surface area is 115 Å². The standard InChI is InChI=1S/C14H26N2OS/c1-16(9-10-18-2)14(17)13-8-7-11-5-3-4-6-12(11)15-13/h11-13,15H,3-10H2,1-2H3. The van der Waals surface area contributed by atoms with Crippen molar-refractivity contribution in [1.29, 1.82) is 0 Å². The summed E-state index contributed by atoms with van der Waals surface area (Å²) in [4.78, 5) is 14.2. The van der Waals surface area contributed by atoms with E-state index in [2.05, 4.69) is 11.6 Å². The van der Waals surface area contributed by atoms with Gasteiger partial charge in [0.15, 0.2) is 0 Å². The maximum atomic E-state index is 12.3. The van der Waals surface area contributed by atoms with E-state index in [1.165, 1.54) is 32.1 Å². The first-order valence-corrected chi connectivity index (χ1v) is 8.61. The minimum absolute atomic E-state index is 0.0798. The lowest BCUT2D eigenvalue weighted by molar-refractivity contribution is -0.133. The summed E-state index contributed by atoms with van der Waals surface area (Å²) in [5.74, 6) is 2.16. The second kappa shape index (κ2) is 6.80. The van der Waals surface area contributed by atoms with Gasteiger partial charge in [0.25, 0.3) is 0 Å². The van der Waals surface area contributed by atoms with Gasteiger partial charge in [0.1, 0.15) is 0 Å². The number of hydrogen-bond donors (Lipinski definition) is 1. The van der Waals surface area contributed by atoms with Crippen molar-refractivity contribution < 1.29 is 4.79 Å². The molecule has 1 saturated carbocycles. The number of nitrogens with zero attached hydrogens (tertiary/aromatic N) is 1. The van der Waals surface area contributed by atoms with Crippen molar-refractivity contribution in [3.63, 3.8) is 0 Å². The Morgan fingerprint density at radius 2 is 2.06 bits per heavy atom. The predicted molar refractivity (Wildman–Crippen MR) is 77.9 cm³/mol. The lowest BCUT2D eigenvalue weighted by atomic mass is 9.77. The van der Waals surface area contributed by atoms with E-state index in [0.29, 0.717) is 11.9 Å². The number of rotatable bonds is 4. The average molecular weight is 270 g/mol. The highest BCUT2D eigenvalue weighted by atomic mass is 32.2. The summed E-state index contributed by atoms with van der Waals surface area (Å²) in [7, 11) is 1.94. The second-order valence-electron chi connectivity index (χ2n) is 5.70. The number of fused-ring (bicyclic) bond motifs is 1. The molecule has 4 heteroatoms. The van der Waals surface area contributed by atoms with Gasteiger partial charge < -0.3 is 10.2 Å². The van der Waals surface area contributed by atoms with E-state index in [0.717, 1.165) is 24.6 Å². The quantitative estimate of drug-likeness (QED) is 0.849. The number of nitrogens with one attached hydrogen (secondary N) is 1. The highest BCUT2D eigenvalue weighted by molar-refractivity contribution is 7.98. The largest absolute Gasteiger partial charge is 0.344 e. The van der Waals surface area contributed by atoms with Crippen molar-refractivity contribution in [2.24, 2.45) is 5.92 Å². The summed E-state index contributed by atoms with van der Waals surface area (Å²) in [5, 5.41) is 3.61. The van der Waals surface area contributed by atoms with Crippen molar-refractivity contribution in [1.82, 2.24) is 10.2 Å². The lowest BCUT2D eigenvalue weighted by Crippen LogP contribution is -2.55. The zero-order valence-corrected chi connectivity index (χ0v) is 12.5. The first-order chi connectivity index (χ1) is 8.72. The van der Waals surface area contributed by atoms with Crippen LogP contribution in [0.5, 0.6) is 0 Å². The van der Waals surface area contributed by atoms with Crippen LogP contribution in [0, 0.1) is 5.92 Å². The van der Waals surface area contributed by atoms with Gasteiger partial charge in [0, 0.05) is 25.4 Å². The minimum Gasteiger partial charge on any atom is -0.344 e. The molecule has 1 saturated heterocycles. The molecule has 2 fully saturated rings. The maximum absolute atomic E-state index is 12.3. The Hall–Kier alpha value is -0.220. The molecule has 0 bridgehead atoms. The molecule has 1 N–H and O–H groups in total. The molecule has 104 valence electrons. The van der Waals surface area contributed by atoms with Gasteiger partial charge in [-0.1, -0.05) is 12.8 Å². The summed E-state index contributed by atoms with van der Waals surface area (Å²) < 4.78 is 0. The van der Waals surface area contributed by atoms with Crippen LogP contribution >= 0.6 is 11.8 Å². The molecule has 18 heavy (non-hydrogen) atoms. The average Bonchev–Trinajstić information content (AvgIpc) is 2.43. The first-order valence-electron chi connectivity index (χ1n) is 7.22. The van der Waals surface area contributed by atoms with Crippen LogP contribution in [-0.2, 0) is 4.79 Å². The van der Waals surface area contributed by atoms with E-state index in [9.17, 15) is 4.79 Å². The van der Waals surface area contributed by atoms with Crippen LogP contribution in [0.15, 0.2) is 0 Å². The molecule has 2 rings (SSSR count). The molecule has 1 amide bonds. The van der Waals surface area contributed by atoms with E-state index >= 15 is 0 Å². The number of piperidine rings is 1. The molecule has 0 aromatic rings. The zero-order chi connectivity index (χ0) is 13.0. The molecular weight excluding hydrogens is 244 g/mol. The second-order valence-corrected chi connectivity index (χ2v) is 6.69. The highest BCUT2D eigenvalue weighted by Crippen LogP contribution is 2.32. The molecule has 3 nitrogen and oxygen atoms in total. The molecule has 1 heterocycles. The maximum Gasteiger partial charge on any atom is 0.239 e.